The lowest BCUT2D eigenvalue weighted by molar-refractivity contribution is 0.0600. The van der Waals surface area contributed by atoms with Crippen LogP contribution in [0.3, 0.4) is 0 Å². The van der Waals surface area contributed by atoms with Crippen molar-refractivity contribution < 1.29 is 14.3 Å². The van der Waals surface area contributed by atoms with Crippen LogP contribution in [0.1, 0.15) is 10.4 Å². The summed E-state index contributed by atoms with van der Waals surface area (Å²) in [6.45, 7) is 0. The number of esters is 1. The molecule has 0 fully saturated rings. The summed E-state index contributed by atoms with van der Waals surface area (Å²) >= 11 is 13.1. The maximum Gasteiger partial charge on any atom is 0.337 e. The summed E-state index contributed by atoms with van der Waals surface area (Å²) in [5, 5.41) is 7.41. The first-order valence-corrected chi connectivity index (χ1v) is 12.2. The Morgan fingerprint density at radius 3 is 2.23 bits per heavy atom. The summed E-state index contributed by atoms with van der Waals surface area (Å²) in [4.78, 5) is 14.0. The molecule has 2 N–H and O–H groups in total. The third-order valence-electron chi connectivity index (χ3n) is 4.78. The summed E-state index contributed by atoms with van der Waals surface area (Å²) in [7, 11) is 1.35. The van der Waals surface area contributed by atoms with Gasteiger partial charge in [-0.3, -0.25) is 0 Å². The summed E-state index contributed by atoms with van der Waals surface area (Å²) < 4.78 is 10.7. The number of benzene rings is 4. The third-order valence-corrected chi connectivity index (χ3v) is 6.32. The number of hydrogen-bond acceptors (Lipinski definition) is 5. The van der Waals surface area contributed by atoms with E-state index >= 15 is 0 Å². The third kappa shape index (κ3) is 6.99. The molecular weight excluding hydrogens is 500 g/mol. The van der Waals surface area contributed by atoms with Crippen molar-refractivity contribution in [2.45, 2.75) is 9.79 Å². The zero-order valence-corrected chi connectivity index (χ0v) is 21.0. The molecule has 0 aliphatic heterocycles. The molecule has 4 aromatic carbocycles. The normalized spacial score (nSPS) is 10.3. The van der Waals surface area contributed by atoms with Crippen molar-refractivity contribution in [1.29, 1.82) is 0 Å². The molecule has 0 unspecified atom stereocenters. The van der Waals surface area contributed by atoms with Crippen molar-refractivity contribution in [3.63, 3.8) is 0 Å². The van der Waals surface area contributed by atoms with Gasteiger partial charge in [0, 0.05) is 20.5 Å². The van der Waals surface area contributed by atoms with E-state index in [9.17, 15) is 4.79 Å². The van der Waals surface area contributed by atoms with E-state index in [0.29, 0.717) is 27.1 Å². The molecular formula is C27H21ClN2O3S2. The van der Waals surface area contributed by atoms with Crippen molar-refractivity contribution in [3.05, 3.63) is 108 Å². The van der Waals surface area contributed by atoms with Crippen LogP contribution in [0.4, 0.5) is 11.4 Å². The van der Waals surface area contributed by atoms with Gasteiger partial charge in [-0.15, -0.1) is 0 Å². The number of methoxy groups -OCH3 is 1. The molecule has 35 heavy (non-hydrogen) atoms. The number of anilines is 2. The lowest BCUT2D eigenvalue weighted by Gasteiger charge is -2.15. The van der Waals surface area contributed by atoms with Crippen molar-refractivity contribution >= 4 is 58.0 Å². The first-order chi connectivity index (χ1) is 17.0. The first kappa shape index (κ1) is 24.6. The molecule has 5 nitrogen and oxygen atoms in total. The van der Waals surface area contributed by atoms with E-state index in [1.165, 1.54) is 18.9 Å². The second-order valence-electron chi connectivity index (χ2n) is 7.28. The molecule has 0 saturated carbocycles. The van der Waals surface area contributed by atoms with Gasteiger partial charge in [0.2, 0.25) is 0 Å². The SMILES string of the molecule is COC(=O)c1ccc(Sc2ccc(Cl)cc2)c(NC(=S)Nc2ccc(Oc3ccccc3)cc2)c1. The Hall–Kier alpha value is -3.52. The number of hydrogen-bond donors (Lipinski definition) is 2. The fourth-order valence-corrected chi connectivity index (χ4v) is 4.34. The van der Waals surface area contributed by atoms with Crippen LogP contribution >= 0.6 is 35.6 Å². The molecule has 0 spiro atoms. The van der Waals surface area contributed by atoms with Crippen LogP contribution in [-0.2, 0) is 4.74 Å². The average Bonchev–Trinajstić information content (AvgIpc) is 2.87. The van der Waals surface area contributed by atoms with Gasteiger partial charge in [-0.1, -0.05) is 41.6 Å². The minimum atomic E-state index is -0.427. The molecule has 0 radical (unpaired) electrons. The molecule has 0 amide bonds. The van der Waals surface area contributed by atoms with E-state index in [0.717, 1.165) is 21.2 Å². The van der Waals surface area contributed by atoms with Gasteiger partial charge in [0.05, 0.1) is 18.4 Å². The van der Waals surface area contributed by atoms with E-state index in [4.69, 9.17) is 33.3 Å². The molecule has 0 saturated heterocycles. The van der Waals surface area contributed by atoms with Gasteiger partial charge < -0.3 is 20.1 Å². The Bertz CT molecular complexity index is 1310. The Labute approximate surface area is 218 Å². The quantitative estimate of drug-likeness (QED) is 0.190. The van der Waals surface area contributed by atoms with Gasteiger partial charge in [-0.2, -0.15) is 0 Å². The largest absolute Gasteiger partial charge is 0.465 e. The van der Waals surface area contributed by atoms with Gasteiger partial charge in [0.25, 0.3) is 0 Å². The maximum absolute atomic E-state index is 12.1. The highest BCUT2D eigenvalue weighted by molar-refractivity contribution is 7.99. The lowest BCUT2D eigenvalue weighted by Crippen LogP contribution is -2.19. The van der Waals surface area contributed by atoms with Crippen LogP contribution in [-0.4, -0.2) is 18.2 Å². The zero-order chi connectivity index (χ0) is 24.6. The Balaban J connectivity index is 1.47. The van der Waals surface area contributed by atoms with Gasteiger partial charge in [0.1, 0.15) is 11.5 Å². The number of carbonyl (C=O) groups is 1. The smallest absolute Gasteiger partial charge is 0.337 e. The van der Waals surface area contributed by atoms with Crippen molar-refractivity contribution in [3.8, 4) is 11.5 Å². The van der Waals surface area contributed by atoms with Crippen LogP contribution in [0.5, 0.6) is 11.5 Å². The van der Waals surface area contributed by atoms with Gasteiger partial charge in [-0.25, -0.2) is 4.79 Å². The highest BCUT2D eigenvalue weighted by Gasteiger charge is 2.13. The second kappa shape index (κ2) is 11.8. The number of para-hydroxylation sites is 1. The number of carbonyl (C=O) groups excluding carboxylic acids is 1. The Morgan fingerprint density at radius 2 is 1.54 bits per heavy atom. The first-order valence-electron chi connectivity index (χ1n) is 10.6. The van der Waals surface area contributed by atoms with Crippen LogP contribution in [0.25, 0.3) is 0 Å². The number of halogens is 1. The molecule has 0 aliphatic rings. The fourth-order valence-electron chi connectivity index (χ4n) is 3.11. The van der Waals surface area contributed by atoms with E-state index in [1.54, 1.807) is 12.1 Å². The maximum atomic E-state index is 12.1. The lowest BCUT2D eigenvalue weighted by atomic mass is 10.2. The van der Waals surface area contributed by atoms with Crippen LogP contribution in [0.2, 0.25) is 5.02 Å². The Kier molecular flexibility index (Phi) is 8.26. The standard InChI is InChI=1S/C27H21ClN2O3S2/c1-32-26(31)18-7-16-25(35-23-14-8-19(28)9-15-23)24(17-18)30-27(34)29-20-10-12-22(13-11-20)33-21-5-3-2-4-6-21/h2-17H,1H3,(H2,29,30,34). The van der Waals surface area contributed by atoms with E-state index in [2.05, 4.69) is 10.6 Å². The minimum Gasteiger partial charge on any atom is -0.465 e. The monoisotopic (exact) mass is 520 g/mol. The summed E-state index contributed by atoms with van der Waals surface area (Å²) in [5.41, 5.74) is 1.88. The fraction of sp³-hybridized carbons (Fsp3) is 0.0370. The van der Waals surface area contributed by atoms with Crippen molar-refractivity contribution in [2.24, 2.45) is 0 Å². The predicted octanol–water partition coefficient (Wildman–Crippen LogP) is 7.88. The van der Waals surface area contributed by atoms with Crippen molar-refractivity contribution in [2.75, 3.05) is 17.7 Å². The summed E-state index contributed by atoms with van der Waals surface area (Å²) in [5.74, 6) is 1.05. The molecule has 176 valence electrons. The molecule has 0 bridgehead atoms. The molecule has 0 aliphatic carbocycles. The number of thiocarbonyl (C=S) groups is 1. The van der Waals surface area contributed by atoms with Crippen LogP contribution in [0.15, 0.2) is 107 Å². The molecule has 0 aromatic heterocycles. The minimum absolute atomic E-state index is 0.377. The molecule has 8 heteroatoms. The zero-order valence-electron chi connectivity index (χ0n) is 18.7. The topological polar surface area (TPSA) is 59.6 Å². The second-order valence-corrected chi connectivity index (χ2v) is 9.24. The predicted molar refractivity (Wildman–Crippen MR) is 146 cm³/mol. The van der Waals surface area contributed by atoms with E-state index < -0.39 is 5.97 Å². The van der Waals surface area contributed by atoms with Gasteiger partial charge >= 0.3 is 5.97 Å². The Morgan fingerprint density at radius 1 is 0.857 bits per heavy atom. The van der Waals surface area contributed by atoms with Crippen LogP contribution < -0.4 is 15.4 Å². The molecule has 0 heterocycles. The number of nitrogens with one attached hydrogen (secondary N) is 2. The molecule has 4 rings (SSSR count). The van der Waals surface area contributed by atoms with E-state index in [-0.39, 0.29) is 0 Å². The van der Waals surface area contributed by atoms with Crippen LogP contribution in [0, 0.1) is 0 Å². The molecule has 4 aromatic rings. The average molecular weight is 521 g/mol. The summed E-state index contributed by atoms with van der Waals surface area (Å²) in [6, 6.07) is 29.9. The highest BCUT2D eigenvalue weighted by atomic mass is 35.5. The van der Waals surface area contributed by atoms with Gasteiger partial charge in [-0.05, 0) is 91.1 Å². The summed E-state index contributed by atoms with van der Waals surface area (Å²) in [6.07, 6.45) is 0. The number of ether oxygens (including phenoxy) is 2. The van der Waals surface area contributed by atoms with Crippen molar-refractivity contribution in [1.82, 2.24) is 0 Å². The van der Waals surface area contributed by atoms with Gasteiger partial charge in [0.15, 0.2) is 5.11 Å². The molecule has 0 atom stereocenters. The number of rotatable bonds is 7. The van der Waals surface area contributed by atoms with E-state index in [1.807, 2.05) is 84.9 Å². The highest BCUT2D eigenvalue weighted by Crippen LogP contribution is 2.35.